The number of allylic oxidation sites excluding steroid dienone is 1. The van der Waals surface area contributed by atoms with Crippen LogP contribution in [-0.2, 0) is 23.8 Å². The second-order valence-corrected chi connectivity index (χ2v) is 25.3. The van der Waals surface area contributed by atoms with Crippen molar-refractivity contribution in [2.45, 2.75) is 410 Å². The van der Waals surface area contributed by atoms with E-state index < -0.39 is 49.5 Å². The molecule has 82 heavy (non-hydrogen) atoms. The molecule has 0 aromatic carbocycles. The summed E-state index contributed by atoms with van der Waals surface area (Å²) >= 11 is 0. The molecule has 6 N–H and O–H groups in total. The number of carbonyl (C=O) groups excluding carboxylic acids is 2. The van der Waals surface area contributed by atoms with Crippen molar-refractivity contribution in [1.82, 2.24) is 5.32 Å². The fraction of sp³-hybridized carbons (Fsp3) is 0.944. The first kappa shape index (κ1) is 78.4. The molecule has 11 heteroatoms. The van der Waals surface area contributed by atoms with Crippen LogP contribution in [0.5, 0.6) is 0 Å². The summed E-state index contributed by atoms with van der Waals surface area (Å²) in [7, 11) is 0. The molecule has 1 aliphatic rings. The van der Waals surface area contributed by atoms with E-state index in [0.29, 0.717) is 19.4 Å². The fourth-order valence-corrected chi connectivity index (χ4v) is 11.7. The van der Waals surface area contributed by atoms with Crippen LogP contribution in [0.4, 0.5) is 0 Å². The molecule has 11 nitrogen and oxygen atoms in total. The van der Waals surface area contributed by atoms with Gasteiger partial charge in [0, 0.05) is 12.8 Å². The molecule has 1 saturated heterocycles. The maximum atomic E-state index is 13.0. The summed E-state index contributed by atoms with van der Waals surface area (Å²) < 4.78 is 16.7. The van der Waals surface area contributed by atoms with Gasteiger partial charge in [-0.1, -0.05) is 334 Å². The minimum Gasteiger partial charge on any atom is -0.466 e. The molecule has 1 fully saturated rings. The lowest BCUT2D eigenvalue weighted by Crippen LogP contribution is -2.60. The summed E-state index contributed by atoms with van der Waals surface area (Å²) in [6, 6.07) is -0.804. The average Bonchev–Trinajstić information content (AvgIpc) is 3.49. The molecule has 486 valence electrons. The minimum absolute atomic E-state index is 0.0159. The lowest BCUT2D eigenvalue weighted by Gasteiger charge is -2.40. The summed E-state index contributed by atoms with van der Waals surface area (Å²) in [5.41, 5.74) is 0. The molecule has 0 aromatic rings. The van der Waals surface area contributed by atoms with Gasteiger partial charge in [-0.25, -0.2) is 0 Å². The number of aliphatic hydroxyl groups excluding tert-OH is 5. The monoisotopic (exact) mass is 1160 g/mol. The van der Waals surface area contributed by atoms with Gasteiger partial charge >= 0.3 is 5.97 Å². The van der Waals surface area contributed by atoms with Gasteiger partial charge < -0.3 is 45.1 Å². The molecule has 0 bridgehead atoms. The molecular formula is C71H137NO10. The second-order valence-electron chi connectivity index (χ2n) is 25.3. The van der Waals surface area contributed by atoms with E-state index in [4.69, 9.17) is 14.2 Å². The number of esters is 1. The van der Waals surface area contributed by atoms with Gasteiger partial charge in [0.2, 0.25) is 5.91 Å². The average molecular weight is 1160 g/mol. The molecule has 0 spiro atoms. The van der Waals surface area contributed by atoms with E-state index in [1.165, 1.54) is 289 Å². The molecule has 1 rings (SSSR count). The largest absolute Gasteiger partial charge is 0.466 e. The minimum atomic E-state index is -1.57. The van der Waals surface area contributed by atoms with Gasteiger partial charge in [0.05, 0.1) is 32.0 Å². The van der Waals surface area contributed by atoms with E-state index in [-0.39, 0.29) is 18.5 Å². The molecule has 1 heterocycles. The number of hydrogen-bond acceptors (Lipinski definition) is 10. The Balaban J connectivity index is 1.88. The Labute approximate surface area is 506 Å². The summed E-state index contributed by atoms with van der Waals surface area (Å²) in [4.78, 5) is 25.1. The Morgan fingerprint density at radius 2 is 0.768 bits per heavy atom. The van der Waals surface area contributed by atoms with Gasteiger partial charge in [-0.3, -0.25) is 9.59 Å². The van der Waals surface area contributed by atoms with Gasteiger partial charge in [-0.15, -0.1) is 0 Å². The van der Waals surface area contributed by atoms with Crippen molar-refractivity contribution in [3.05, 3.63) is 12.2 Å². The van der Waals surface area contributed by atoms with Crippen LogP contribution in [0.2, 0.25) is 0 Å². The zero-order valence-corrected chi connectivity index (χ0v) is 54.0. The number of ether oxygens (including phenoxy) is 3. The maximum absolute atomic E-state index is 13.0. The first-order valence-corrected chi connectivity index (χ1v) is 36.0. The van der Waals surface area contributed by atoms with Gasteiger partial charge in [0.25, 0.3) is 0 Å². The van der Waals surface area contributed by atoms with Crippen LogP contribution in [0.3, 0.4) is 0 Å². The van der Waals surface area contributed by atoms with Gasteiger partial charge in [-0.05, 0) is 32.1 Å². The second kappa shape index (κ2) is 61.1. The van der Waals surface area contributed by atoms with Crippen molar-refractivity contribution in [2.24, 2.45) is 0 Å². The number of nitrogens with one attached hydrogen (secondary N) is 1. The third-order valence-corrected chi connectivity index (χ3v) is 17.4. The molecule has 0 aliphatic carbocycles. The Hall–Kier alpha value is -1.60. The van der Waals surface area contributed by atoms with Crippen LogP contribution in [0.15, 0.2) is 12.2 Å². The quantitative estimate of drug-likeness (QED) is 0.0195. The van der Waals surface area contributed by atoms with E-state index in [1.807, 2.05) is 6.08 Å². The van der Waals surface area contributed by atoms with Crippen molar-refractivity contribution in [2.75, 3.05) is 19.8 Å². The van der Waals surface area contributed by atoms with E-state index in [2.05, 4.69) is 19.2 Å². The SMILES string of the molecule is CCCCCCCCC/C=C/C(O)C(COC1OC(CO)C(O)C(O)C1O)NC(=O)CCCCCCCCCCCCCCCCCCCCCCCCCCCCCCCCCCOC(=O)CCCCCCCCCCCCCCC. The van der Waals surface area contributed by atoms with Crippen molar-refractivity contribution in [3.8, 4) is 0 Å². The van der Waals surface area contributed by atoms with Crippen molar-refractivity contribution in [1.29, 1.82) is 0 Å². The lowest BCUT2D eigenvalue weighted by molar-refractivity contribution is -0.302. The fourth-order valence-electron chi connectivity index (χ4n) is 11.7. The Bertz CT molecular complexity index is 1370. The molecule has 0 radical (unpaired) electrons. The highest BCUT2D eigenvalue weighted by Gasteiger charge is 2.44. The summed E-state index contributed by atoms with van der Waals surface area (Å²) in [5.74, 6) is -0.161. The van der Waals surface area contributed by atoms with Crippen LogP contribution >= 0.6 is 0 Å². The van der Waals surface area contributed by atoms with Crippen molar-refractivity contribution >= 4 is 11.9 Å². The standard InChI is InChI=1S/C71H137NO10/c1-3-5-7-9-11-13-14-35-39-43-47-51-55-59-67(76)80-60-56-52-48-44-40-37-34-32-30-28-26-24-22-20-18-16-15-17-19-21-23-25-27-29-31-33-36-38-42-46-50-54-58-66(75)72-63(64(74)57-53-49-45-41-12-10-8-6-4-2)62-81-71-70(79)69(78)68(77)65(61-73)82-71/h53,57,63-65,68-71,73-74,77-79H,3-52,54-56,58-62H2,1-2H3,(H,72,75)/b57-53+. The molecule has 7 unspecified atom stereocenters. The smallest absolute Gasteiger partial charge is 0.305 e. The maximum Gasteiger partial charge on any atom is 0.305 e. The first-order valence-electron chi connectivity index (χ1n) is 36.0. The van der Waals surface area contributed by atoms with Gasteiger partial charge in [0.15, 0.2) is 6.29 Å². The first-order chi connectivity index (χ1) is 40.2. The zero-order chi connectivity index (χ0) is 59.5. The topological polar surface area (TPSA) is 175 Å². The van der Waals surface area contributed by atoms with Crippen molar-refractivity contribution in [3.63, 3.8) is 0 Å². The normalized spacial score (nSPS) is 18.2. The molecule has 0 aromatic heterocycles. The third kappa shape index (κ3) is 49.5. The van der Waals surface area contributed by atoms with Crippen molar-refractivity contribution < 1.29 is 49.3 Å². The Kier molecular flexibility index (Phi) is 58.4. The molecule has 7 atom stereocenters. The number of unbranched alkanes of at least 4 members (excludes halogenated alkanes) is 50. The van der Waals surface area contributed by atoms with Crippen LogP contribution in [0, 0.1) is 0 Å². The van der Waals surface area contributed by atoms with E-state index in [0.717, 1.165) is 51.4 Å². The summed E-state index contributed by atoms with van der Waals surface area (Å²) in [5, 5.41) is 54.3. The van der Waals surface area contributed by atoms with Crippen LogP contribution in [-0.4, -0.2) is 100 Å². The van der Waals surface area contributed by atoms with Crippen LogP contribution in [0.25, 0.3) is 0 Å². The molecule has 0 saturated carbocycles. The summed E-state index contributed by atoms with van der Waals surface area (Å²) in [6.45, 7) is 4.36. The zero-order valence-electron chi connectivity index (χ0n) is 54.0. The van der Waals surface area contributed by atoms with E-state index in [1.54, 1.807) is 6.08 Å². The highest BCUT2D eigenvalue weighted by atomic mass is 16.7. The predicted molar refractivity (Wildman–Crippen MR) is 343 cm³/mol. The third-order valence-electron chi connectivity index (χ3n) is 17.4. The number of amides is 1. The highest BCUT2D eigenvalue weighted by molar-refractivity contribution is 5.76. The van der Waals surface area contributed by atoms with Gasteiger partial charge in [-0.2, -0.15) is 0 Å². The highest BCUT2D eigenvalue weighted by Crippen LogP contribution is 2.24. The number of carbonyl (C=O) groups is 2. The molecular weight excluding hydrogens is 1030 g/mol. The van der Waals surface area contributed by atoms with Gasteiger partial charge in [0.1, 0.15) is 24.4 Å². The Morgan fingerprint density at radius 3 is 1.13 bits per heavy atom. The number of rotatable bonds is 64. The van der Waals surface area contributed by atoms with E-state index in [9.17, 15) is 35.1 Å². The Morgan fingerprint density at radius 1 is 0.439 bits per heavy atom. The number of aliphatic hydroxyl groups is 5. The molecule has 1 amide bonds. The molecule has 1 aliphatic heterocycles. The summed E-state index contributed by atoms with van der Waals surface area (Å²) in [6.07, 6.45) is 65.2. The lowest BCUT2D eigenvalue weighted by atomic mass is 9.99. The van der Waals surface area contributed by atoms with Crippen LogP contribution < -0.4 is 5.32 Å². The van der Waals surface area contributed by atoms with Crippen LogP contribution in [0.1, 0.15) is 367 Å². The predicted octanol–water partition coefficient (Wildman–Crippen LogP) is 18.2. The number of hydrogen-bond donors (Lipinski definition) is 6. The van der Waals surface area contributed by atoms with E-state index >= 15 is 0 Å².